The van der Waals surface area contributed by atoms with E-state index < -0.39 is 5.97 Å². The molecule has 22 heavy (non-hydrogen) atoms. The van der Waals surface area contributed by atoms with E-state index in [0.717, 1.165) is 18.7 Å². The van der Waals surface area contributed by atoms with Crippen LogP contribution in [0.15, 0.2) is 29.4 Å². The minimum absolute atomic E-state index is 0.237. The second kappa shape index (κ2) is 7.69. The topological polar surface area (TPSA) is 103 Å². The van der Waals surface area contributed by atoms with Crippen molar-refractivity contribution in [2.75, 3.05) is 18.2 Å². The van der Waals surface area contributed by atoms with Crippen LogP contribution in [-0.4, -0.2) is 38.3 Å². The van der Waals surface area contributed by atoms with Crippen LogP contribution in [0.4, 0.5) is 0 Å². The first kappa shape index (κ1) is 16.2. The van der Waals surface area contributed by atoms with Gasteiger partial charge >= 0.3 is 5.97 Å². The van der Waals surface area contributed by atoms with Gasteiger partial charge in [-0.1, -0.05) is 18.7 Å². The van der Waals surface area contributed by atoms with Crippen molar-refractivity contribution in [2.24, 2.45) is 0 Å². The third kappa shape index (κ3) is 4.14. The van der Waals surface area contributed by atoms with Crippen molar-refractivity contribution >= 4 is 17.7 Å². The first-order chi connectivity index (χ1) is 10.6. The van der Waals surface area contributed by atoms with Gasteiger partial charge in [0, 0.05) is 12.2 Å². The fourth-order valence-corrected chi connectivity index (χ4v) is 2.48. The predicted molar refractivity (Wildman–Crippen MR) is 83.8 cm³/mol. The number of benzene rings is 1. The maximum absolute atomic E-state index is 10.7. The highest BCUT2D eigenvalue weighted by Gasteiger charge is 2.09. The zero-order valence-electron chi connectivity index (χ0n) is 12.2. The molecule has 0 saturated heterocycles. The molecule has 0 radical (unpaired) electrons. The summed E-state index contributed by atoms with van der Waals surface area (Å²) in [6.45, 7) is 2.53. The summed E-state index contributed by atoms with van der Waals surface area (Å²) in [5.74, 6) is 7.02. The van der Waals surface area contributed by atoms with Crippen LogP contribution in [0.25, 0.3) is 0 Å². The van der Waals surface area contributed by atoms with Crippen LogP contribution in [0.1, 0.15) is 29.5 Å². The maximum Gasteiger partial charge on any atom is 0.335 e. The number of carboxylic acids is 1. The average molecular weight is 322 g/mol. The number of nitrogens with zero attached hydrogens (tertiary/aromatic N) is 3. The Bertz CT molecular complexity index is 628. The molecule has 3 N–H and O–H groups in total. The summed E-state index contributed by atoms with van der Waals surface area (Å²) < 4.78 is 7.05. The second-order valence-corrected chi connectivity index (χ2v) is 5.61. The van der Waals surface area contributed by atoms with E-state index in [1.54, 1.807) is 12.1 Å². The summed E-state index contributed by atoms with van der Waals surface area (Å²) in [6, 6.07) is 6.30. The molecule has 0 aliphatic carbocycles. The van der Waals surface area contributed by atoms with Crippen LogP contribution in [-0.2, 0) is 6.42 Å². The highest BCUT2D eigenvalue weighted by Crippen LogP contribution is 2.16. The number of aromatic nitrogens is 3. The van der Waals surface area contributed by atoms with Gasteiger partial charge in [0.15, 0.2) is 5.82 Å². The van der Waals surface area contributed by atoms with Crippen molar-refractivity contribution in [2.45, 2.75) is 24.9 Å². The lowest BCUT2D eigenvalue weighted by molar-refractivity contribution is 0.0697. The molecule has 118 valence electrons. The monoisotopic (exact) mass is 322 g/mol. The molecule has 0 spiro atoms. The average Bonchev–Trinajstić information content (AvgIpc) is 2.85. The highest BCUT2D eigenvalue weighted by molar-refractivity contribution is 7.99. The van der Waals surface area contributed by atoms with Gasteiger partial charge < -0.3 is 15.7 Å². The first-order valence-electron chi connectivity index (χ1n) is 6.90. The molecule has 7 nitrogen and oxygen atoms in total. The fourth-order valence-electron chi connectivity index (χ4n) is 1.79. The van der Waals surface area contributed by atoms with Crippen molar-refractivity contribution in [3.8, 4) is 5.75 Å². The molecule has 1 aromatic heterocycles. The van der Waals surface area contributed by atoms with E-state index in [4.69, 9.17) is 15.7 Å². The predicted octanol–water partition coefficient (Wildman–Crippen LogP) is 1.81. The van der Waals surface area contributed by atoms with E-state index in [-0.39, 0.29) is 5.56 Å². The van der Waals surface area contributed by atoms with Crippen molar-refractivity contribution < 1.29 is 14.6 Å². The normalized spacial score (nSPS) is 10.6. The number of hydrogen-bond acceptors (Lipinski definition) is 6. The van der Waals surface area contributed by atoms with Gasteiger partial charge in [-0.3, -0.25) is 0 Å². The maximum atomic E-state index is 10.7. The zero-order chi connectivity index (χ0) is 15.9. The van der Waals surface area contributed by atoms with E-state index in [9.17, 15) is 4.79 Å². The van der Waals surface area contributed by atoms with Crippen LogP contribution in [0.3, 0.4) is 0 Å². The Morgan fingerprint density at radius 3 is 2.73 bits per heavy atom. The van der Waals surface area contributed by atoms with Gasteiger partial charge in [-0.2, -0.15) is 0 Å². The summed E-state index contributed by atoms with van der Waals surface area (Å²) in [7, 11) is 0. The molecular weight excluding hydrogens is 304 g/mol. The molecule has 8 heteroatoms. The number of aromatic carboxylic acids is 1. The molecule has 1 heterocycles. The van der Waals surface area contributed by atoms with Gasteiger partial charge in [0.1, 0.15) is 5.75 Å². The molecular formula is C14H18N4O3S. The number of nitrogens with two attached hydrogens (primary N) is 1. The largest absolute Gasteiger partial charge is 0.493 e. The third-order valence-electron chi connectivity index (χ3n) is 2.89. The Morgan fingerprint density at radius 2 is 2.09 bits per heavy atom. The molecule has 0 bridgehead atoms. The lowest BCUT2D eigenvalue weighted by atomic mass is 10.2. The van der Waals surface area contributed by atoms with Crippen molar-refractivity contribution in [1.82, 2.24) is 14.9 Å². The standard InChI is InChI=1S/C14H18N4O3S/c1-2-3-12-16-17-14(18(12)15)22-9-8-21-11-6-4-10(5-7-11)13(19)20/h4-7H,2-3,8-9,15H2,1H3,(H,19,20). The van der Waals surface area contributed by atoms with Gasteiger partial charge in [-0.15, -0.1) is 10.2 Å². The van der Waals surface area contributed by atoms with E-state index in [1.165, 1.54) is 28.6 Å². The van der Waals surface area contributed by atoms with Crippen molar-refractivity contribution in [1.29, 1.82) is 0 Å². The Kier molecular flexibility index (Phi) is 5.65. The molecule has 0 amide bonds. The van der Waals surface area contributed by atoms with E-state index in [2.05, 4.69) is 17.1 Å². The van der Waals surface area contributed by atoms with Gasteiger partial charge in [0.25, 0.3) is 0 Å². The number of ether oxygens (including phenoxy) is 1. The summed E-state index contributed by atoms with van der Waals surface area (Å²) >= 11 is 1.47. The summed E-state index contributed by atoms with van der Waals surface area (Å²) in [4.78, 5) is 10.7. The minimum atomic E-state index is -0.952. The number of aryl methyl sites for hydroxylation is 1. The van der Waals surface area contributed by atoms with E-state index in [1.807, 2.05) is 0 Å². The Hall–Kier alpha value is -2.22. The smallest absolute Gasteiger partial charge is 0.335 e. The first-order valence-corrected chi connectivity index (χ1v) is 7.88. The fraction of sp³-hybridized carbons (Fsp3) is 0.357. The van der Waals surface area contributed by atoms with Gasteiger partial charge in [-0.05, 0) is 30.7 Å². The number of hydrogen-bond donors (Lipinski definition) is 2. The Labute approximate surface area is 132 Å². The lowest BCUT2D eigenvalue weighted by Crippen LogP contribution is -2.14. The molecule has 0 saturated carbocycles. The molecule has 0 aliphatic rings. The molecule has 1 aromatic carbocycles. The highest BCUT2D eigenvalue weighted by atomic mass is 32.2. The van der Waals surface area contributed by atoms with Crippen molar-refractivity contribution in [3.63, 3.8) is 0 Å². The molecule has 2 rings (SSSR count). The summed E-state index contributed by atoms with van der Waals surface area (Å²) in [5, 5.41) is 17.6. The van der Waals surface area contributed by atoms with Gasteiger partial charge in [0.05, 0.1) is 12.2 Å². The van der Waals surface area contributed by atoms with Crippen LogP contribution < -0.4 is 10.6 Å². The number of rotatable bonds is 8. The van der Waals surface area contributed by atoms with Crippen LogP contribution in [0.5, 0.6) is 5.75 Å². The second-order valence-electron chi connectivity index (χ2n) is 4.55. The van der Waals surface area contributed by atoms with Crippen LogP contribution in [0, 0.1) is 0 Å². The number of thioether (sulfide) groups is 1. The zero-order valence-corrected chi connectivity index (χ0v) is 13.0. The SMILES string of the molecule is CCCc1nnc(SCCOc2ccc(C(=O)O)cc2)n1N. The van der Waals surface area contributed by atoms with Gasteiger partial charge in [0.2, 0.25) is 5.16 Å². The van der Waals surface area contributed by atoms with E-state index in [0.29, 0.717) is 23.3 Å². The summed E-state index contributed by atoms with van der Waals surface area (Å²) in [6.07, 6.45) is 1.77. The molecule has 0 aliphatic heterocycles. The van der Waals surface area contributed by atoms with Crippen LogP contribution >= 0.6 is 11.8 Å². The van der Waals surface area contributed by atoms with E-state index >= 15 is 0 Å². The van der Waals surface area contributed by atoms with Crippen molar-refractivity contribution in [3.05, 3.63) is 35.7 Å². The number of nitrogen functional groups attached to an aromatic ring is 1. The Balaban J connectivity index is 1.78. The minimum Gasteiger partial charge on any atom is -0.493 e. The number of carboxylic acid groups (broad SMARTS) is 1. The van der Waals surface area contributed by atoms with Gasteiger partial charge in [-0.25, -0.2) is 9.47 Å². The number of carbonyl (C=O) groups is 1. The van der Waals surface area contributed by atoms with Crippen LogP contribution in [0.2, 0.25) is 0 Å². The molecule has 2 aromatic rings. The lowest BCUT2D eigenvalue weighted by Gasteiger charge is -2.06. The Morgan fingerprint density at radius 1 is 1.36 bits per heavy atom. The summed E-state index contributed by atoms with van der Waals surface area (Å²) in [5.41, 5.74) is 0.237. The molecule has 0 fully saturated rings. The quantitative estimate of drug-likeness (QED) is 0.434. The molecule has 0 atom stereocenters. The molecule has 0 unspecified atom stereocenters. The third-order valence-corrected chi connectivity index (χ3v) is 3.80.